The van der Waals surface area contributed by atoms with Crippen molar-refractivity contribution in [1.82, 2.24) is 9.97 Å². The Morgan fingerprint density at radius 2 is 2.00 bits per heavy atom. The first-order valence-corrected chi connectivity index (χ1v) is 6.14. The van der Waals surface area contributed by atoms with E-state index in [4.69, 9.17) is 10.2 Å². The van der Waals surface area contributed by atoms with Gasteiger partial charge in [-0.3, -0.25) is 0 Å². The summed E-state index contributed by atoms with van der Waals surface area (Å²) in [5.41, 5.74) is 5.63. The highest BCUT2D eigenvalue weighted by molar-refractivity contribution is 5.46. The van der Waals surface area contributed by atoms with E-state index in [0.29, 0.717) is 13.1 Å². The fraction of sp³-hybridized carbons (Fsp3) is 0.385. The van der Waals surface area contributed by atoms with Crippen LogP contribution in [0.1, 0.15) is 19.6 Å². The lowest BCUT2D eigenvalue weighted by Crippen LogP contribution is -2.39. The molecule has 2 heterocycles. The quantitative estimate of drug-likeness (QED) is 0.735. The molecular formula is C13H19N5O. The topological polar surface area (TPSA) is 89.0 Å². The van der Waals surface area contributed by atoms with Crippen molar-refractivity contribution in [2.45, 2.75) is 25.9 Å². The average Bonchev–Trinajstić information content (AvgIpc) is 2.87. The predicted molar refractivity (Wildman–Crippen MR) is 74.8 cm³/mol. The Bertz CT molecular complexity index is 504. The molecule has 4 N–H and O–H groups in total. The van der Waals surface area contributed by atoms with Crippen molar-refractivity contribution in [1.29, 1.82) is 0 Å². The molecule has 102 valence electrons. The number of hydrogen-bond acceptors (Lipinski definition) is 6. The summed E-state index contributed by atoms with van der Waals surface area (Å²) in [6, 6.07) is 5.60. The molecule has 0 atom stereocenters. The molecule has 2 aromatic heterocycles. The van der Waals surface area contributed by atoms with Crippen LogP contribution < -0.4 is 16.4 Å². The Morgan fingerprint density at radius 3 is 2.63 bits per heavy atom. The largest absolute Gasteiger partial charge is 0.467 e. The van der Waals surface area contributed by atoms with Crippen LogP contribution in [0.15, 0.2) is 35.2 Å². The van der Waals surface area contributed by atoms with Crippen LogP contribution in [0.3, 0.4) is 0 Å². The third-order valence-corrected chi connectivity index (χ3v) is 2.42. The van der Waals surface area contributed by atoms with Crippen molar-refractivity contribution in [2.24, 2.45) is 5.73 Å². The molecule has 0 amide bonds. The lowest BCUT2D eigenvalue weighted by molar-refractivity contribution is 0.518. The van der Waals surface area contributed by atoms with Gasteiger partial charge >= 0.3 is 0 Å². The normalized spacial score (nSPS) is 11.3. The van der Waals surface area contributed by atoms with Gasteiger partial charge in [0.2, 0.25) is 0 Å². The monoisotopic (exact) mass is 261 g/mol. The number of nitrogens with one attached hydrogen (secondary N) is 2. The predicted octanol–water partition coefficient (Wildman–Crippen LogP) is 1.83. The number of hydrogen-bond donors (Lipinski definition) is 3. The molecule has 0 aliphatic carbocycles. The first-order valence-electron chi connectivity index (χ1n) is 6.14. The van der Waals surface area contributed by atoms with Crippen LogP contribution in [0.5, 0.6) is 0 Å². The maximum Gasteiger partial charge on any atom is 0.131 e. The summed E-state index contributed by atoms with van der Waals surface area (Å²) in [6.45, 7) is 5.14. The van der Waals surface area contributed by atoms with E-state index in [0.717, 1.165) is 17.4 Å². The van der Waals surface area contributed by atoms with Gasteiger partial charge in [-0.05, 0) is 26.0 Å². The van der Waals surface area contributed by atoms with Gasteiger partial charge in [0.1, 0.15) is 23.7 Å². The van der Waals surface area contributed by atoms with E-state index >= 15 is 0 Å². The standard InChI is InChI=1S/C13H19N5O/c1-13(2,14)8-16-12-6-11(17-9-18-12)15-7-10-4-3-5-19-10/h3-6,9H,7-8,14H2,1-2H3,(H2,15,16,17,18). The van der Waals surface area contributed by atoms with Crippen LogP contribution in [0.25, 0.3) is 0 Å². The Hall–Kier alpha value is -2.08. The highest BCUT2D eigenvalue weighted by Gasteiger charge is 2.10. The molecule has 0 spiro atoms. The van der Waals surface area contributed by atoms with Gasteiger partial charge in [-0.2, -0.15) is 0 Å². The zero-order valence-corrected chi connectivity index (χ0v) is 11.2. The third kappa shape index (κ3) is 4.59. The van der Waals surface area contributed by atoms with Crippen molar-refractivity contribution < 1.29 is 4.42 Å². The zero-order valence-electron chi connectivity index (χ0n) is 11.2. The highest BCUT2D eigenvalue weighted by Crippen LogP contribution is 2.11. The molecule has 0 fully saturated rings. The fourth-order valence-corrected chi connectivity index (χ4v) is 1.46. The van der Waals surface area contributed by atoms with Crippen LogP contribution in [0.4, 0.5) is 11.6 Å². The van der Waals surface area contributed by atoms with Crippen molar-refractivity contribution in [2.75, 3.05) is 17.2 Å². The number of nitrogens with two attached hydrogens (primary N) is 1. The lowest BCUT2D eigenvalue weighted by Gasteiger charge is -2.19. The van der Waals surface area contributed by atoms with E-state index in [2.05, 4.69) is 20.6 Å². The molecule has 2 rings (SSSR count). The molecule has 0 unspecified atom stereocenters. The molecule has 0 bridgehead atoms. The summed E-state index contributed by atoms with van der Waals surface area (Å²) < 4.78 is 5.24. The molecular weight excluding hydrogens is 242 g/mol. The van der Waals surface area contributed by atoms with Crippen LogP contribution in [-0.4, -0.2) is 22.1 Å². The minimum Gasteiger partial charge on any atom is -0.467 e. The summed E-state index contributed by atoms with van der Waals surface area (Å²) in [4.78, 5) is 8.29. The van der Waals surface area contributed by atoms with Crippen molar-refractivity contribution >= 4 is 11.6 Å². The lowest BCUT2D eigenvalue weighted by atomic mass is 10.1. The minimum atomic E-state index is -0.285. The van der Waals surface area contributed by atoms with Crippen LogP contribution in [-0.2, 0) is 6.54 Å². The van der Waals surface area contributed by atoms with E-state index in [1.807, 2.05) is 32.0 Å². The summed E-state index contributed by atoms with van der Waals surface area (Å²) in [6.07, 6.45) is 3.16. The molecule has 2 aromatic rings. The summed E-state index contributed by atoms with van der Waals surface area (Å²) in [5.74, 6) is 2.34. The average molecular weight is 261 g/mol. The second-order valence-electron chi connectivity index (χ2n) is 5.06. The summed E-state index contributed by atoms with van der Waals surface area (Å²) in [7, 11) is 0. The van der Waals surface area contributed by atoms with E-state index in [1.165, 1.54) is 6.33 Å². The fourth-order valence-electron chi connectivity index (χ4n) is 1.46. The maximum atomic E-state index is 5.91. The van der Waals surface area contributed by atoms with Crippen LogP contribution in [0.2, 0.25) is 0 Å². The molecule has 0 aliphatic heterocycles. The molecule has 19 heavy (non-hydrogen) atoms. The number of rotatable bonds is 6. The molecule has 6 heteroatoms. The van der Waals surface area contributed by atoms with Crippen molar-refractivity contribution in [3.05, 3.63) is 36.5 Å². The number of anilines is 2. The van der Waals surface area contributed by atoms with Gasteiger partial charge in [0, 0.05) is 18.2 Å². The van der Waals surface area contributed by atoms with Gasteiger partial charge in [-0.25, -0.2) is 9.97 Å². The molecule has 0 aromatic carbocycles. The zero-order chi connectivity index (χ0) is 13.7. The van der Waals surface area contributed by atoms with Gasteiger partial charge in [0.25, 0.3) is 0 Å². The van der Waals surface area contributed by atoms with Gasteiger partial charge in [-0.1, -0.05) is 0 Å². The Labute approximate surface area is 112 Å². The van der Waals surface area contributed by atoms with Gasteiger partial charge < -0.3 is 20.8 Å². The maximum absolute atomic E-state index is 5.91. The van der Waals surface area contributed by atoms with Crippen LogP contribution in [0, 0.1) is 0 Å². The molecule has 6 nitrogen and oxygen atoms in total. The number of furan rings is 1. The van der Waals surface area contributed by atoms with Crippen LogP contribution >= 0.6 is 0 Å². The Balaban J connectivity index is 1.91. The number of nitrogens with zero attached hydrogens (tertiary/aromatic N) is 2. The van der Waals surface area contributed by atoms with E-state index in [9.17, 15) is 0 Å². The Morgan fingerprint density at radius 1 is 1.26 bits per heavy atom. The van der Waals surface area contributed by atoms with E-state index in [1.54, 1.807) is 6.26 Å². The first kappa shape index (κ1) is 13.4. The Kier molecular flexibility index (Phi) is 4.01. The molecule has 0 radical (unpaired) electrons. The molecule has 0 saturated carbocycles. The van der Waals surface area contributed by atoms with Gasteiger partial charge in [-0.15, -0.1) is 0 Å². The van der Waals surface area contributed by atoms with Gasteiger partial charge in [0.05, 0.1) is 12.8 Å². The molecule has 0 aliphatic rings. The minimum absolute atomic E-state index is 0.285. The first-order chi connectivity index (χ1) is 9.03. The second-order valence-corrected chi connectivity index (χ2v) is 5.06. The van der Waals surface area contributed by atoms with E-state index < -0.39 is 0 Å². The van der Waals surface area contributed by atoms with Crippen molar-refractivity contribution in [3.63, 3.8) is 0 Å². The third-order valence-electron chi connectivity index (χ3n) is 2.42. The van der Waals surface area contributed by atoms with E-state index in [-0.39, 0.29) is 5.54 Å². The van der Waals surface area contributed by atoms with Gasteiger partial charge in [0.15, 0.2) is 0 Å². The SMILES string of the molecule is CC(C)(N)CNc1cc(NCc2ccco2)ncn1. The number of aromatic nitrogens is 2. The van der Waals surface area contributed by atoms with Crippen molar-refractivity contribution in [3.8, 4) is 0 Å². The highest BCUT2D eigenvalue weighted by atomic mass is 16.3. The smallest absolute Gasteiger partial charge is 0.131 e. The summed E-state index contributed by atoms with van der Waals surface area (Å²) >= 11 is 0. The second kappa shape index (κ2) is 5.71. The summed E-state index contributed by atoms with van der Waals surface area (Å²) in [5, 5.41) is 6.35. The molecule has 0 saturated heterocycles.